The summed E-state index contributed by atoms with van der Waals surface area (Å²) in [4.78, 5) is 22.6. The minimum absolute atomic E-state index is 0.0313. The topological polar surface area (TPSA) is 78.4 Å². The first-order valence-electron chi connectivity index (χ1n) is 6.12. The summed E-state index contributed by atoms with van der Waals surface area (Å²) in [6.07, 6.45) is 3.02. The second-order valence-electron chi connectivity index (χ2n) is 4.08. The van der Waals surface area contributed by atoms with E-state index in [2.05, 4.69) is 17.6 Å². The number of anilines is 1. The third-order valence-electron chi connectivity index (χ3n) is 2.53. The van der Waals surface area contributed by atoms with Crippen molar-refractivity contribution in [2.24, 2.45) is 0 Å². The molecule has 3 N–H and O–H groups in total. The van der Waals surface area contributed by atoms with E-state index < -0.39 is 12.0 Å². The molecule has 0 aliphatic carbocycles. The van der Waals surface area contributed by atoms with Crippen molar-refractivity contribution in [3.8, 4) is 0 Å². The molecular formula is C13H17ClN2O3. The molecule has 0 heterocycles. The lowest BCUT2D eigenvalue weighted by Crippen LogP contribution is -2.30. The SMILES string of the molecule is CCCCCNC(=O)Nc1ccc(Cl)cc1C(=O)O. The number of urea groups is 1. The number of aromatic carboxylic acids is 1. The van der Waals surface area contributed by atoms with Gasteiger partial charge in [-0.15, -0.1) is 0 Å². The van der Waals surface area contributed by atoms with Crippen molar-refractivity contribution in [1.29, 1.82) is 0 Å². The van der Waals surface area contributed by atoms with E-state index in [1.165, 1.54) is 18.2 Å². The Morgan fingerprint density at radius 2 is 2.05 bits per heavy atom. The molecule has 0 aliphatic rings. The van der Waals surface area contributed by atoms with Gasteiger partial charge in [0, 0.05) is 11.6 Å². The van der Waals surface area contributed by atoms with E-state index in [1.54, 1.807) is 0 Å². The first-order chi connectivity index (χ1) is 9.04. The summed E-state index contributed by atoms with van der Waals surface area (Å²) in [5, 5.41) is 14.5. The smallest absolute Gasteiger partial charge is 0.337 e. The Hall–Kier alpha value is -1.75. The van der Waals surface area contributed by atoms with Crippen LogP contribution in [0.15, 0.2) is 18.2 Å². The molecule has 0 atom stereocenters. The van der Waals surface area contributed by atoms with Crippen molar-refractivity contribution in [3.63, 3.8) is 0 Å². The molecule has 0 saturated carbocycles. The number of amides is 2. The van der Waals surface area contributed by atoms with Gasteiger partial charge in [-0.3, -0.25) is 0 Å². The van der Waals surface area contributed by atoms with Crippen LogP contribution in [-0.4, -0.2) is 23.7 Å². The molecule has 0 spiro atoms. The summed E-state index contributed by atoms with van der Waals surface area (Å²) in [6, 6.07) is 3.88. The predicted octanol–water partition coefficient (Wildman–Crippen LogP) is 3.35. The second-order valence-corrected chi connectivity index (χ2v) is 4.52. The number of carbonyl (C=O) groups excluding carboxylic acids is 1. The fourth-order valence-corrected chi connectivity index (χ4v) is 1.72. The molecule has 0 unspecified atom stereocenters. The lowest BCUT2D eigenvalue weighted by Gasteiger charge is -2.10. The summed E-state index contributed by atoms with van der Waals surface area (Å²) in [5.74, 6) is -1.14. The van der Waals surface area contributed by atoms with Crippen LogP contribution in [-0.2, 0) is 0 Å². The number of hydrogen-bond acceptors (Lipinski definition) is 2. The van der Waals surface area contributed by atoms with Crippen molar-refractivity contribution in [2.75, 3.05) is 11.9 Å². The van der Waals surface area contributed by atoms with Crippen molar-refractivity contribution < 1.29 is 14.7 Å². The first-order valence-corrected chi connectivity index (χ1v) is 6.50. The molecular weight excluding hydrogens is 268 g/mol. The van der Waals surface area contributed by atoms with Crippen LogP contribution < -0.4 is 10.6 Å². The summed E-state index contributed by atoms with van der Waals surface area (Å²) < 4.78 is 0. The van der Waals surface area contributed by atoms with E-state index in [0.29, 0.717) is 11.6 Å². The number of unbranched alkanes of at least 4 members (excludes halogenated alkanes) is 2. The van der Waals surface area contributed by atoms with E-state index in [-0.39, 0.29) is 11.3 Å². The Kier molecular flexibility index (Phi) is 6.15. The molecule has 0 aromatic heterocycles. The van der Waals surface area contributed by atoms with Crippen LogP contribution in [0.3, 0.4) is 0 Å². The van der Waals surface area contributed by atoms with Gasteiger partial charge in [0.25, 0.3) is 0 Å². The van der Waals surface area contributed by atoms with E-state index in [9.17, 15) is 9.59 Å². The van der Waals surface area contributed by atoms with Crippen molar-refractivity contribution in [2.45, 2.75) is 26.2 Å². The van der Waals surface area contributed by atoms with Gasteiger partial charge in [-0.05, 0) is 24.6 Å². The molecule has 19 heavy (non-hydrogen) atoms. The van der Waals surface area contributed by atoms with Crippen molar-refractivity contribution >= 4 is 29.3 Å². The number of rotatable bonds is 6. The summed E-state index contributed by atoms with van der Waals surface area (Å²) >= 11 is 5.72. The highest BCUT2D eigenvalue weighted by Crippen LogP contribution is 2.20. The number of hydrogen-bond donors (Lipinski definition) is 3. The summed E-state index contributed by atoms with van der Waals surface area (Å²) in [7, 11) is 0. The van der Waals surface area contributed by atoms with Gasteiger partial charge >= 0.3 is 12.0 Å². The minimum atomic E-state index is -1.14. The highest BCUT2D eigenvalue weighted by Gasteiger charge is 2.12. The van der Waals surface area contributed by atoms with Crippen LogP contribution in [0.2, 0.25) is 5.02 Å². The highest BCUT2D eigenvalue weighted by atomic mass is 35.5. The van der Waals surface area contributed by atoms with Crippen LogP contribution in [0, 0.1) is 0 Å². The van der Waals surface area contributed by atoms with E-state index in [0.717, 1.165) is 19.3 Å². The van der Waals surface area contributed by atoms with Crippen LogP contribution in [0.4, 0.5) is 10.5 Å². The quantitative estimate of drug-likeness (QED) is 0.701. The zero-order valence-corrected chi connectivity index (χ0v) is 11.5. The van der Waals surface area contributed by atoms with E-state index in [1.807, 2.05) is 0 Å². The predicted molar refractivity (Wildman–Crippen MR) is 75.0 cm³/mol. The van der Waals surface area contributed by atoms with E-state index >= 15 is 0 Å². The minimum Gasteiger partial charge on any atom is -0.478 e. The third kappa shape index (κ3) is 5.18. The highest BCUT2D eigenvalue weighted by molar-refractivity contribution is 6.31. The monoisotopic (exact) mass is 284 g/mol. The molecule has 0 saturated heterocycles. The van der Waals surface area contributed by atoms with Gasteiger partial charge in [0.15, 0.2) is 0 Å². The number of carboxylic acids is 1. The average molecular weight is 285 g/mol. The maximum atomic E-state index is 11.6. The maximum absolute atomic E-state index is 11.6. The lowest BCUT2D eigenvalue weighted by molar-refractivity contribution is 0.0698. The molecule has 0 bridgehead atoms. The Labute approximate surface area is 117 Å². The molecule has 1 aromatic rings. The summed E-state index contributed by atoms with van der Waals surface area (Å²) in [5.41, 5.74) is 0.195. The number of halogens is 1. The van der Waals surface area contributed by atoms with Gasteiger partial charge in [0.1, 0.15) is 0 Å². The van der Waals surface area contributed by atoms with Gasteiger partial charge in [-0.25, -0.2) is 9.59 Å². The molecule has 0 fully saturated rings. The Morgan fingerprint density at radius 1 is 1.32 bits per heavy atom. The van der Waals surface area contributed by atoms with Gasteiger partial charge in [0.05, 0.1) is 11.3 Å². The van der Waals surface area contributed by atoms with E-state index in [4.69, 9.17) is 16.7 Å². The normalized spacial score (nSPS) is 10.0. The van der Waals surface area contributed by atoms with Gasteiger partial charge in [-0.1, -0.05) is 31.4 Å². The standard InChI is InChI=1S/C13H17ClN2O3/c1-2-3-4-7-15-13(19)16-11-6-5-9(14)8-10(11)12(17)18/h5-6,8H,2-4,7H2,1H3,(H,17,18)(H2,15,16,19). The maximum Gasteiger partial charge on any atom is 0.337 e. The zero-order valence-electron chi connectivity index (χ0n) is 10.7. The fourth-order valence-electron chi connectivity index (χ4n) is 1.55. The van der Waals surface area contributed by atoms with Gasteiger partial charge < -0.3 is 15.7 Å². The molecule has 6 heteroatoms. The van der Waals surface area contributed by atoms with Crippen LogP contribution >= 0.6 is 11.6 Å². The number of carboxylic acid groups (broad SMARTS) is 1. The van der Waals surface area contributed by atoms with Crippen LogP contribution in [0.25, 0.3) is 0 Å². The van der Waals surface area contributed by atoms with Crippen molar-refractivity contribution in [3.05, 3.63) is 28.8 Å². The first kappa shape index (κ1) is 15.3. The Balaban J connectivity index is 2.61. The zero-order chi connectivity index (χ0) is 14.3. The molecule has 2 amide bonds. The third-order valence-corrected chi connectivity index (χ3v) is 2.76. The van der Waals surface area contributed by atoms with Gasteiger partial charge in [-0.2, -0.15) is 0 Å². The summed E-state index contributed by atoms with van der Waals surface area (Å²) in [6.45, 7) is 2.64. The van der Waals surface area contributed by atoms with Crippen LogP contribution in [0.5, 0.6) is 0 Å². The molecule has 5 nitrogen and oxygen atoms in total. The van der Waals surface area contributed by atoms with Crippen molar-refractivity contribution in [1.82, 2.24) is 5.32 Å². The fraction of sp³-hybridized carbons (Fsp3) is 0.385. The molecule has 1 rings (SSSR count). The second kappa shape index (κ2) is 7.63. The largest absolute Gasteiger partial charge is 0.478 e. The number of carbonyl (C=O) groups is 2. The average Bonchev–Trinajstić information content (AvgIpc) is 2.36. The Bertz CT molecular complexity index is 463. The van der Waals surface area contributed by atoms with Gasteiger partial charge in [0.2, 0.25) is 0 Å². The molecule has 0 radical (unpaired) electrons. The molecule has 104 valence electrons. The van der Waals surface area contributed by atoms with Crippen LogP contribution in [0.1, 0.15) is 36.5 Å². The molecule has 0 aliphatic heterocycles. The Morgan fingerprint density at radius 3 is 2.68 bits per heavy atom. The number of nitrogens with one attached hydrogen (secondary N) is 2. The molecule has 1 aromatic carbocycles. The lowest BCUT2D eigenvalue weighted by atomic mass is 10.2. The number of benzene rings is 1.